The van der Waals surface area contributed by atoms with Crippen LogP contribution in [0.3, 0.4) is 0 Å². The van der Waals surface area contributed by atoms with Crippen LogP contribution < -0.4 is 5.32 Å². The molecular formula is C24H34N4O3S. The zero-order valence-electron chi connectivity index (χ0n) is 19.1. The average Bonchev–Trinajstić information content (AvgIpc) is 3.43. The van der Waals surface area contributed by atoms with Crippen molar-refractivity contribution < 1.29 is 14.3 Å². The molecule has 1 saturated heterocycles. The molecule has 1 saturated carbocycles. The molecule has 8 heteroatoms. The van der Waals surface area contributed by atoms with Gasteiger partial charge in [-0.3, -0.25) is 4.79 Å². The van der Waals surface area contributed by atoms with Crippen LogP contribution in [0.1, 0.15) is 61.9 Å². The smallest absolute Gasteiger partial charge is 0.316 e. The Hall–Kier alpha value is -2.06. The molecule has 2 aromatic rings. The van der Waals surface area contributed by atoms with Gasteiger partial charge >= 0.3 is 5.97 Å². The van der Waals surface area contributed by atoms with Gasteiger partial charge in [-0.05, 0) is 64.0 Å². The molecule has 1 N–H and O–H groups in total. The van der Waals surface area contributed by atoms with Gasteiger partial charge < -0.3 is 19.4 Å². The molecule has 1 aromatic carbocycles. The van der Waals surface area contributed by atoms with Crippen LogP contribution in [0.15, 0.2) is 23.4 Å². The molecule has 1 aliphatic heterocycles. The second-order valence-corrected chi connectivity index (χ2v) is 9.80. The van der Waals surface area contributed by atoms with Crippen molar-refractivity contribution in [3.63, 3.8) is 0 Å². The van der Waals surface area contributed by atoms with Crippen LogP contribution in [0, 0.1) is 13.8 Å². The Morgan fingerprint density at radius 2 is 2.03 bits per heavy atom. The first-order chi connectivity index (χ1) is 15.6. The number of nitrogens with one attached hydrogen (secondary N) is 1. The van der Waals surface area contributed by atoms with Gasteiger partial charge in [-0.25, -0.2) is 0 Å². The number of carbonyl (C=O) groups excluding carboxylic acids is 1. The Morgan fingerprint density at radius 1 is 1.19 bits per heavy atom. The highest BCUT2D eigenvalue weighted by molar-refractivity contribution is 7.99. The van der Waals surface area contributed by atoms with Crippen molar-refractivity contribution in [3.05, 3.63) is 35.2 Å². The monoisotopic (exact) mass is 458 g/mol. The van der Waals surface area contributed by atoms with Gasteiger partial charge in [-0.2, -0.15) is 0 Å². The first kappa shape index (κ1) is 23.1. The summed E-state index contributed by atoms with van der Waals surface area (Å²) < 4.78 is 13.6. The topological polar surface area (TPSA) is 78.3 Å². The van der Waals surface area contributed by atoms with E-state index >= 15 is 0 Å². The van der Waals surface area contributed by atoms with E-state index in [0.29, 0.717) is 13.1 Å². The van der Waals surface area contributed by atoms with Crippen LogP contribution >= 0.6 is 11.8 Å². The molecule has 0 amide bonds. The minimum atomic E-state index is -0.163. The summed E-state index contributed by atoms with van der Waals surface area (Å²) in [6.07, 6.45) is 7.89. The highest BCUT2D eigenvalue weighted by atomic mass is 32.2. The van der Waals surface area contributed by atoms with E-state index in [1.54, 1.807) is 0 Å². The Balaban J connectivity index is 1.40. The van der Waals surface area contributed by atoms with E-state index in [2.05, 4.69) is 52.1 Å². The van der Waals surface area contributed by atoms with Crippen molar-refractivity contribution in [3.8, 4) is 0 Å². The highest BCUT2D eigenvalue weighted by Gasteiger charge is 2.23. The lowest BCUT2D eigenvalue weighted by atomic mass is 9.98. The number of esters is 1. The quantitative estimate of drug-likeness (QED) is 0.433. The third-order valence-electron chi connectivity index (χ3n) is 6.19. The Bertz CT molecular complexity index is 905. The van der Waals surface area contributed by atoms with Gasteiger partial charge in [-0.1, -0.05) is 35.9 Å². The van der Waals surface area contributed by atoms with E-state index in [0.717, 1.165) is 61.8 Å². The number of rotatable bonds is 9. The maximum atomic E-state index is 12.4. The molecule has 174 valence electrons. The normalized spacial score (nSPS) is 19.2. The summed E-state index contributed by atoms with van der Waals surface area (Å²) >= 11 is 1.41. The highest BCUT2D eigenvalue weighted by Crippen LogP contribution is 2.25. The maximum Gasteiger partial charge on any atom is 0.316 e. The molecule has 7 nitrogen and oxygen atoms in total. The van der Waals surface area contributed by atoms with Gasteiger partial charge in [0.2, 0.25) is 0 Å². The maximum absolute atomic E-state index is 12.4. The molecule has 0 spiro atoms. The summed E-state index contributed by atoms with van der Waals surface area (Å²) in [5.41, 5.74) is 3.54. The predicted molar refractivity (Wildman–Crippen MR) is 126 cm³/mol. The lowest BCUT2D eigenvalue weighted by molar-refractivity contribution is -0.147. The van der Waals surface area contributed by atoms with E-state index in [-0.39, 0.29) is 23.9 Å². The van der Waals surface area contributed by atoms with Gasteiger partial charge in [0.25, 0.3) is 0 Å². The second-order valence-electron chi connectivity index (χ2n) is 8.85. The molecule has 1 atom stereocenters. The van der Waals surface area contributed by atoms with E-state index in [9.17, 15) is 4.79 Å². The lowest BCUT2D eigenvalue weighted by Crippen LogP contribution is -2.22. The average molecular weight is 459 g/mol. The number of nitrogens with zero attached hydrogens (tertiary/aromatic N) is 3. The Kier molecular flexibility index (Phi) is 8.08. The summed E-state index contributed by atoms with van der Waals surface area (Å²) in [6.45, 7) is 6.27. The van der Waals surface area contributed by atoms with Crippen LogP contribution in [-0.2, 0) is 27.4 Å². The van der Waals surface area contributed by atoms with Gasteiger partial charge in [0.05, 0.1) is 24.9 Å². The fraction of sp³-hybridized carbons (Fsp3) is 0.625. The largest absolute Gasteiger partial charge is 0.462 e. The van der Waals surface area contributed by atoms with Crippen molar-refractivity contribution in [2.45, 2.75) is 89.2 Å². The molecule has 1 aromatic heterocycles. The lowest BCUT2D eigenvalue weighted by Gasteiger charge is -2.21. The standard InChI is InChI=1S/C24H34N4O3S/c1-17-10-11-21(18(2)13-17)25-14-22-26-27-24(28(22)15-20-9-6-12-30-20)32-16-23(29)31-19-7-4-3-5-8-19/h10-11,13,19-20,25H,3-9,12,14-16H2,1-2H3/t20-/m0/s1. The van der Waals surface area contributed by atoms with Crippen LogP contribution in [0.25, 0.3) is 0 Å². The number of thioether (sulfide) groups is 1. The van der Waals surface area contributed by atoms with Crippen molar-refractivity contribution in [2.24, 2.45) is 0 Å². The van der Waals surface area contributed by atoms with Gasteiger partial charge in [-0.15, -0.1) is 10.2 Å². The van der Waals surface area contributed by atoms with Crippen LogP contribution in [0.4, 0.5) is 5.69 Å². The van der Waals surface area contributed by atoms with E-state index in [1.165, 1.54) is 29.3 Å². The first-order valence-corrected chi connectivity index (χ1v) is 12.7. The van der Waals surface area contributed by atoms with E-state index < -0.39 is 0 Å². The molecule has 32 heavy (non-hydrogen) atoms. The number of aromatic nitrogens is 3. The number of carbonyl (C=O) groups is 1. The number of aryl methyl sites for hydroxylation is 2. The third-order valence-corrected chi connectivity index (χ3v) is 7.13. The van der Waals surface area contributed by atoms with Crippen LogP contribution in [-0.4, -0.2) is 45.3 Å². The molecule has 2 heterocycles. The van der Waals surface area contributed by atoms with E-state index in [4.69, 9.17) is 9.47 Å². The number of hydrogen-bond acceptors (Lipinski definition) is 7. The SMILES string of the molecule is Cc1ccc(NCc2nnc(SCC(=O)OC3CCCCC3)n2C[C@@H]2CCCO2)c(C)c1. The van der Waals surface area contributed by atoms with Crippen LogP contribution in [0.2, 0.25) is 0 Å². The molecular weight excluding hydrogens is 424 g/mol. The first-order valence-electron chi connectivity index (χ1n) is 11.8. The van der Waals surface area contributed by atoms with Crippen molar-refractivity contribution in [1.82, 2.24) is 14.8 Å². The molecule has 2 fully saturated rings. The fourth-order valence-electron chi connectivity index (χ4n) is 4.44. The summed E-state index contributed by atoms with van der Waals surface area (Å²) in [5.74, 6) is 0.942. The molecule has 0 radical (unpaired) electrons. The van der Waals surface area contributed by atoms with Gasteiger partial charge in [0.15, 0.2) is 11.0 Å². The summed E-state index contributed by atoms with van der Waals surface area (Å²) in [5, 5.41) is 13.1. The van der Waals surface area contributed by atoms with Crippen LogP contribution in [0.5, 0.6) is 0 Å². The Morgan fingerprint density at radius 3 is 2.78 bits per heavy atom. The van der Waals surface area contributed by atoms with E-state index in [1.807, 2.05) is 0 Å². The predicted octanol–water partition coefficient (Wildman–Crippen LogP) is 4.65. The van der Waals surface area contributed by atoms with Crippen molar-refractivity contribution in [1.29, 1.82) is 0 Å². The summed E-state index contributed by atoms with van der Waals surface area (Å²) in [7, 11) is 0. The summed E-state index contributed by atoms with van der Waals surface area (Å²) in [6, 6.07) is 6.37. The molecule has 4 rings (SSSR count). The summed E-state index contributed by atoms with van der Waals surface area (Å²) in [4.78, 5) is 12.4. The number of ether oxygens (including phenoxy) is 2. The fourth-order valence-corrected chi connectivity index (χ4v) is 5.19. The zero-order valence-corrected chi connectivity index (χ0v) is 20.0. The number of anilines is 1. The zero-order chi connectivity index (χ0) is 22.3. The van der Waals surface area contributed by atoms with Crippen molar-refractivity contribution in [2.75, 3.05) is 17.7 Å². The minimum absolute atomic E-state index is 0.0825. The molecule has 1 aliphatic carbocycles. The van der Waals surface area contributed by atoms with Gasteiger partial charge in [0, 0.05) is 12.3 Å². The third kappa shape index (κ3) is 6.25. The molecule has 2 aliphatic rings. The second kappa shape index (κ2) is 11.2. The minimum Gasteiger partial charge on any atom is -0.462 e. The Labute approximate surface area is 194 Å². The van der Waals surface area contributed by atoms with Crippen molar-refractivity contribution >= 4 is 23.4 Å². The molecule has 0 bridgehead atoms. The number of benzene rings is 1. The number of hydrogen-bond donors (Lipinski definition) is 1. The molecule has 0 unspecified atom stereocenters. The van der Waals surface area contributed by atoms with Gasteiger partial charge in [0.1, 0.15) is 6.10 Å².